The topological polar surface area (TPSA) is 94.4 Å². The van der Waals surface area contributed by atoms with Gasteiger partial charge < -0.3 is 11.1 Å². The number of rotatable bonds is 9. The van der Waals surface area contributed by atoms with Crippen molar-refractivity contribution in [2.45, 2.75) is 38.8 Å². The van der Waals surface area contributed by atoms with Gasteiger partial charge in [0.2, 0.25) is 0 Å². The molecule has 0 aliphatic carbocycles. The fourth-order valence-electron chi connectivity index (χ4n) is 4.08. The number of carbonyl (C=O) groups excluding carboxylic acids is 1. The molecule has 0 saturated carbocycles. The number of hydrogen-bond donors (Lipinski definition) is 2. The van der Waals surface area contributed by atoms with Gasteiger partial charge in [0.25, 0.3) is 11.5 Å². The molecule has 9 heteroatoms. The van der Waals surface area contributed by atoms with Gasteiger partial charge in [-0.3, -0.25) is 14.2 Å². The molecular weight excluding hydrogens is 485 g/mol. The molecule has 7 nitrogen and oxygen atoms in total. The first-order valence-electron chi connectivity index (χ1n) is 11.4. The van der Waals surface area contributed by atoms with Crippen molar-refractivity contribution in [2.24, 2.45) is 5.73 Å². The van der Waals surface area contributed by atoms with E-state index < -0.39 is 6.04 Å². The fourth-order valence-corrected chi connectivity index (χ4v) is 4.28. The first-order valence-corrected chi connectivity index (χ1v) is 11.8. The summed E-state index contributed by atoms with van der Waals surface area (Å²) in [5, 5.41) is 8.40. The van der Waals surface area contributed by atoms with E-state index in [9.17, 15) is 9.59 Å². The molecule has 0 radical (unpaired) electrons. The second-order valence-corrected chi connectivity index (χ2v) is 8.64. The second kappa shape index (κ2) is 12.0. The van der Waals surface area contributed by atoms with Crippen molar-refractivity contribution in [2.75, 3.05) is 6.54 Å². The maximum Gasteiger partial charge on any atom is 0.278 e. The van der Waals surface area contributed by atoms with Crippen LogP contribution in [0.3, 0.4) is 0 Å². The van der Waals surface area contributed by atoms with E-state index in [-0.39, 0.29) is 23.9 Å². The summed E-state index contributed by atoms with van der Waals surface area (Å²) in [6.45, 7) is 2.84. The summed E-state index contributed by atoms with van der Waals surface area (Å²) < 4.78 is 3.22. The molecular formula is C26H29Cl2N5O2. The Morgan fingerprint density at radius 3 is 2.63 bits per heavy atom. The summed E-state index contributed by atoms with van der Waals surface area (Å²) in [6.07, 6.45) is 3.71. The number of fused-ring (bicyclic) bond motifs is 1. The Balaban J connectivity index is 0.00000342. The lowest BCUT2D eigenvalue weighted by molar-refractivity contribution is 0.0931. The standard InChI is InChI=1S/C26H28ClN5O2.ClH/c1-2-22(29-25(33)21-13-12-20(27)16-19(21)10-6-14-28)24-30-32-15-7-11-23(32)26(34)31(24)17-18-8-4-3-5-9-18;/h3-5,7-9,11-13,15-16,22H,2,6,10,14,17,28H2,1H3,(H,29,33);1H. The Labute approximate surface area is 215 Å². The first kappa shape index (κ1) is 26.5. The fraction of sp³-hybridized carbons (Fsp3) is 0.269. The van der Waals surface area contributed by atoms with E-state index in [0.717, 1.165) is 17.5 Å². The Morgan fingerprint density at radius 2 is 1.91 bits per heavy atom. The van der Waals surface area contributed by atoms with Gasteiger partial charge in [-0.25, -0.2) is 4.52 Å². The van der Waals surface area contributed by atoms with Crippen LogP contribution in [0.25, 0.3) is 5.52 Å². The lowest BCUT2D eigenvalue weighted by Gasteiger charge is -2.22. The highest BCUT2D eigenvalue weighted by Gasteiger charge is 2.23. The minimum atomic E-state index is -0.464. The maximum atomic E-state index is 13.4. The van der Waals surface area contributed by atoms with Gasteiger partial charge >= 0.3 is 0 Å². The molecule has 1 unspecified atom stereocenters. The molecule has 4 aromatic rings. The maximum absolute atomic E-state index is 13.4. The van der Waals surface area contributed by atoms with Gasteiger partial charge in [0.15, 0.2) is 5.82 Å². The van der Waals surface area contributed by atoms with Crippen LogP contribution in [0.4, 0.5) is 0 Å². The number of nitrogens with one attached hydrogen (secondary N) is 1. The molecule has 0 aliphatic heterocycles. The number of halogens is 2. The predicted molar refractivity (Wildman–Crippen MR) is 142 cm³/mol. The van der Waals surface area contributed by atoms with E-state index in [1.54, 1.807) is 39.5 Å². The molecule has 0 fully saturated rings. The van der Waals surface area contributed by atoms with Gasteiger partial charge in [-0.2, -0.15) is 5.10 Å². The summed E-state index contributed by atoms with van der Waals surface area (Å²) >= 11 is 6.18. The molecule has 0 spiro atoms. The number of hydrogen-bond acceptors (Lipinski definition) is 4. The summed E-state index contributed by atoms with van der Waals surface area (Å²) in [7, 11) is 0. The smallest absolute Gasteiger partial charge is 0.278 e. The highest BCUT2D eigenvalue weighted by Crippen LogP contribution is 2.21. The van der Waals surface area contributed by atoms with E-state index in [0.29, 0.717) is 47.9 Å². The second-order valence-electron chi connectivity index (χ2n) is 8.20. The molecule has 4 rings (SSSR count). The van der Waals surface area contributed by atoms with Crippen LogP contribution in [0, 0.1) is 0 Å². The zero-order chi connectivity index (χ0) is 24.1. The van der Waals surface area contributed by atoms with Crippen LogP contribution in [0.5, 0.6) is 0 Å². The van der Waals surface area contributed by atoms with Crippen molar-refractivity contribution in [1.82, 2.24) is 19.5 Å². The van der Waals surface area contributed by atoms with Crippen LogP contribution < -0.4 is 16.6 Å². The molecule has 2 heterocycles. The number of nitrogens with two attached hydrogens (primary N) is 1. The average molecular weight is 514 g/mol. The van der Waals surface area contributed by atoms with Crippen LogP contribution in [0.1, 0.15) is 53.1 Å². The normalized spacial score (nSPS) is 11.7. The molecule has 184 valence electrons. The SMILES string of the molecule is CCC(NC(=O)c1ccc(Cl)cc1CCCN)c1nn2cccc2c(=O)n1Cc1ccccc1.Cl. The number of aromatic nitrogens is 3. The number of carbonyl (C=O) groups is 1. The average Bonchev–Trinajstić information content (AvgIpc) is 3.32. The number of nitrogens with zero attached hydrogens (tertiary/aromatic N) is 3. The van der Waals surface area contributed by atoms with Crippen LogP contribution in [0.15, 0.2) is 71.7 Å². The van der Waals surface area contributed by atoms with Crippen LogP contribution >= 0.6 is 24.0 Å². The number of benzene rings is 2. The van der Waals surface area contributed by atoms with Gasteiger partial charge in [0.1, 0.15) is 5.52 Å². The summed E-state index contributed by atoms with van der Waals surface area (Å²) in [4.78, 5) is 26.7. The number of amides is 1. The Bertz CT molecular complexity index is 1350. The van der Waals surface area contributed by atoms with Crippen LogP contribution in [-0.2, 0) is 13.0 Å². The van der Waals surface area contributed by atoms with E-state index in [2.05, 4.69) is 5.32 Å². The van der Waals surface area contributed by atoms with Crippen LogP contribution in [-0.4, -0.2) is 26.6 Å². The van der Waals surface area contributed by atoms with Crippen molar-refractivity contribution in [3.05, 3.63) is 105 Å². The Morgan fingerprint density at radius 1 is 1.14 bits per heavy atom. The highest BCUT2D eigenvalue weighted by atomic mass is 35.5. The molecule has 0 bridgehead atoms. The monoisotopic (exact) mass is 513 g/mol. The van der Waals surface area contributed by atoms with E-state index in [1.165, 1.54) is 0 Å². The first-order chi connectivity index (χ1) is 16.5. The van der Waals surface area contributed by atoms with Gasteiger partial charge in [-0.15, -0.1) is 12.4 Å². The quantitative estimate of drug-likeness (QED) is 0.347. The predicted octanol–water partition coefficient (Wildman–Crippen LogP) is 4.39. The molecule has 2 aromatic heterocycles. The third-order valence-corrected chi connectivity index (χ3v) is 6.09. The molecule has 2 aromatic carbocycles. The third kappa shape index (κ3) is 5.93. The Kier molecular flexibility index (Phi) is 9.09. The third-order valence-electron chi connectivity index (χ3n) is 5.85. The minimum Gasteiger partial charge on any atom is -0.342 e. The van der Waals surface area contributed by atoms with E-state index in [1.807, 2.05) is 43.3 Å². The zero-order valence-corrected chi connectivity index (χ0v) is 21.1. The largest absolute Gasteiger partial charge is 0.342 e. The molecule has 0 aliphatic rings. The van der Waals surface area contributed by atoms with Gasteiger partial charge in [-0.1, -0.05) is 48.9 Å². The van der Waals surface area contributed by atoms with Gasteiger partial charge in [0, 0.05) is 16.8 Å². The van der Waals surface area contributed by atoms with E-state index >= 15 is 0 Å². The summed E-state index contributed by atoms with van der Waals surface area (Å²) in [5.74, 6) is 0.273. The summed E-state index contributed by atoms with van der Waals surface area (Å²) in [6, 6.07) is 18.1. The molecule has 0 saturated heterocycles. The molecule has 35 heavy (non-hydrogen) atoms. The van der Waals surface area contributed by atoms with Gasteiger partial charge in [0.05, 0.1) is 12.6 Å². The molecule has 3 N–H and O–H groups in total. The molecule has 1 atom stereocenters. The minimum absolute atomic E-state index is 0. The summed E-state index contributed by atoms with van der Waals surface area (Å²) in [5.41, 5.74) is 8.39. The van der Waals surface area contributed by atoms with Crippen molar-refractivity contribution in [3.63, 3.8) is 0 Å². The van der Waals surface area contributed by atoms with Crippen molar-refractivity contribution in [3.8, 4) is 0 Å². The lowest BCUT2D eigenvalue weighted by atomic mass is 10.0. The highest BCUT2D eigenvalue weighted by molar-refractivity contribution is 6.30. The van der Waals surface area contributed by atoms with Gasteiger partial charge in [-0.05, 0) is 67.3 Å². The van der Waals surface area contributed by atoms with Crippen molar-refractivity contribution >= 4 is 35.4 Å². The Hall–Kier alpha value is -3.13. The van der Waals surface area contributed by atoms with Crippen molar-refractivity contribution in [1.29, 1.82) is 0 Å². The van der Waals surface area contributed by atoms with Crippen molar-refractivity contribution < 1.29 is 4.79 Å². The van der Waals surface area contributed by atoms with Crippen LogP contribution in [0.2, 0.25) is 5.02 Å². The lowest BCUT2D eigenvalue weighted by Crippen LogP contribution is -2.36. The van der Waals surface area contributed by atoms with E-state index in [4.69, 9.17) is 22.4 Å². The number of aryl methyl sites for hydroxylation is 1. The zero-order valence-electron chi connectivity index (χ0n) is 19.5. The molecule has 1 amide bonds.